The second-order valence-corrected chi connectivity index (χ2v) is 10.7. The van der Waals surface area contributed by atoms with Gasteiger partial charge in [0.25, 0.3) is 0 Å². The van der Waals surface area contributed by atoms with Crippen LogP contribution in [-0.2, 0) is 10.8 Å². The molecular weight excluding hydrogens is 432 g/mol. The van der Waals surface area contributed by atoms with Gasteiger partial charge in [0.2, 0.25) is 0 Å². The van der Waals surface area contributed by atoms with Crippen LogP contribution < -0.4 is 0 Å². The third-order valence-corrected chi connectivity index (χ3v) is 8.99. The Morgan fingerprint density at radius 2 is 1.67 bits per heavy atom. The molecule has 0 aromatic heterocycles. The first-order valence-corrected chi connectivity index (χ1v) is 12.1. The zero-order chi connectivity index (χ0) is 17.4. The van der Waals surface area contributed by atoms with Gasteiger partial charge in [-0.05, 0) is 0 Å². The number of aliphatic hydroxyl groups is 1. The number of unbranched alkanes of at least 4 members (excludes halogenated alkanes) is 1. The van der Waals surface area contributed by atoms with E-state index in [1.165, 1.54) is 17.3 Å². The van der Waals surface area contributed by atoms with Gasteiger partial charge in [0.05, 0.1) is 0 Å². The first-order valence-electron chi connectivity index (χ1n) is 8.18. The number of hydrogen-bond donors (Lipinski definition) is 1. The SMILES string of the molecule is CCCC[Te]/C(C)=C(/C(O)c1ccccc1)S(=O)c1ccccc1. The molecule has 0 fully saturated rings. The zero-order valence-electron chi connectivity index (χ0n) is 14.1. The van der Waals surface area contributed by atoms with Gasteiger partial charge in [-0.25, -0.2) is 0 Å². The second kappa shape index (κ2) is 10.2. The van der Waals surface area contributed by atoms with Crippen LogP contribution >= 0.6 is 0 Å². The molecule has 0 aliphatic heterocycles. The van der Waals surface area contributed by atoms with Gasteiger partial charge in [-0.15, -0.1) is 0 Å². The standard InChI is InChI=1S/C20H24O2STe/c1-3-4-15-24-16(2)20(19(21)17-11-7-5-8-12-17)23(22)18-13-9-6-10-14-18/h5-14,19,21H,3-4,15H2,1-2H3/b20-16-. The van der Waals surface area contributed by atoms with Crippen LogP contribution in [0.1, 0.15) is 38.4 Å². The maximum absolute atomic E-state index is 13.1. The summed E-state index contributed by atoms with van der Waals surface area (Å²) in [5.41, 5.74) is 0.805. The minimum absolute atomic E-state index is 0.405. The molecule has 0 amide bonds. The summed E-state index contributed by atoms with van der Waals surface area (Å²) < 4.78 is 15.5. The van der Waals surface area contributed by atoms with Crippen molar-refractivity contribution in [3.63, 3.8) is 0 Å². The van der Waals surface area contributed by atoms with Crippen LogP contribution in [0.5, 0.6) is 0 Å². The summed E-state index contributed by atoms with van der Waals surface area (Å²) in [6.45, 7) is 4.24. The van der Waals surface area contributed by atoms with Gasteiger partial charge in [-0.3, -0.25) is 0 Å². The quantitative estimate of drug-likeness (QED) is 0.463. The monoisotopic (exact) mass is 458 g/mol. The van der Waals surface area contributed by atoms with Gasteiger partial charge in [0.15, 0.2) is 0 Å². The summed E-state index contributed by atoms with van der Waals surface area (Å²) in [4.78, 5) is 1.44. The van der Waals surface area contributed by atoms with E-state index in [9.17, 15) is 9.32 Å². The summed E-state index contributed by atoms with van der Waals surface area (Å²) >= 11 is -0.405. The molecular formula is C20H24O2STe. The normalized spacial score (nSPS) is 14.8. The molecule has 0 saturated carbocycles. The fourth-order valence-corrected chi connectivity index (χ4v) is 7.46. The molecule has 2 rings (SSSR count). The molecule has 2 aromatic carbocycles. The molecule has 0 aliphatic rings. The van der Waals surface area contributed by atoms with E-state index in [1.807, 2.05) is 60.7 Å². The predicted octanol–water partition coefficient (Wildman–Crippen LogP) is 4.68. The number of aliphatic hydroxyl groups excluding tert-OH is 1. The van der Waals surface area contributed by atoms with E-state index in [-0.39, 0.29) is 0 Å². The van der Waals surface area contributed by atoms with E-state index in [4.69, 9.17) is 0 Å². The van der Waals surface area contributed by atoms with Crippen LogP contribution in [0.3, 0.4) is 0 Å². The van der Waals surface area contributed by atoms with Crippen molar-refractivity contribution >= 4 is 31.7 Å². The molecule has 0 radical (unpaired) electrons. The molecule has 4 heteroatoms. The predicted molar refractivity (Wildman–Crippen MR) is 102 cm³/mol. The average molecular weight is 456 g/mol. The van der Waals surface area contributed by atoms with Crippen LogP contribution in [0.4, 0.5) is 0 Å². The summed E-state index contributed by atoms with van der Waals surface area (Å²) in [5.74, 6) is 0. The third-order valence-electron chi connectivity index (χ3n) is 3.68. The molecule has 0 aliphatic carbocycles. The van der Waals surface area contributed by atoms with E-state index < -0.39 is 37.8 Å². The second-order valence-electron chi connectivity index (χ2n) is 5.52. The minimum atomic E-state index is -1.33. The number of benzene rings is 2. The Bertz CT molecular complexity index is 683. The fourth-order valence-electron chi connectivity index (χ4n) is 2.32. The van der Waals surface area contributed by atoms with Crippen molar-refractivity contribution in [3.05, 3.63) is 74.8 Å². The Hall–Kier alpha value is -0.920. The van der Waals surface area contributed by atoms with E-state index in [2.05, 4.69) is 13.8 Å². The van der Waals surface area contributed by atoms with Gasteiger partial charge < -0.3 is 0 Å². The summed E-state index contributed by atoms with van der Waals surface area (Å²) in [6.07, 6.45) is 1.57. The summed E-state index contributed by atoms with van der Waals surface area (Å²) in [6, 6.07) is 19.0. The fraction of sp³-hybridized carbons (Fsp3) is 0.300. The Morgan fingerprint density at radius 3 is 2.25 bits per heavy atom. The number of rotatable bonds is 8. The summed E-state index contributed by atoms with van der Waals surface area (Å²) in [5, 5.41) is 10.9. The van der Waals surface area contributed by atoms with Gasteiger partial charge in [0, 0.05) is 0 Å². The van der Waals surface area contributed by atoms with Crippen molar-refractivity contribution < 1.29 is 9.32 Å². The summed E-state index contributed by atoms with van der Waals surface area (Å²) in [7, 11) is -1.33. The molecule has 0 saturated heterocycles. The molecule has 0 heterocycles. The molecule has 0 spiro atoms. The Balaban J connectivity index is 2.37. The number of hydrogen-bond acceptors (Lipinski definition) is 2. The first kappa shape index (κ1) is 19.4. The topological polar surface area (TPSA) is 37.3 Å². The molecule has 2 aromatic rings. The molecule has 128 valence electrons. The Kier molecular flexibility index (Phi) is 8.21. The van der Waals surface area contributed by atoms with Gasteiger partial charge >= 0.3 is 158 Å². The molecule has 1 N–H and O–H groups in total. The van der Waals surface area contributed by atoms with Crippen LogP contribution in [-0.4, -0.2) is 30.2 Å². The Labute approximate surface area is 157 Å². The molecule has 2 unspecified atom stereocenters. The number of allylic oxidation sites excluding steroid dienone is 1. The molecule has 24 heavy (non-hydrogen) atoms. The van der Waals surface area contributed by atoms with Gasteiger partial charge in [-0.1, -0.05) is 0 Å². The van der Waals surface area contributed by atoms with Gasteiger partial charge in [0.1, 0.15) is 0 Å². The van der Waals surface area contributed by atoms with E-state index in [1.54, 1.807) is 0 Å². The van der Waals surface area contributed by atoms with Crippen molar-refractivity contribution in [1.29, 1.82) is 0 Å². The average Bonchev–Trinajstić information content (AvgIpc) is 2.63. The van der Waals surface area contributed by atoms with Crippen molar-refractivity contribution in [2.24, 2.45) is 0 Å². The zero-order valence-corrected chi connectivity index (χ0v) is 17.3. The van der Waals surface area contributed by atoms with Crippen LogP contribution in [0.25, 0.3) is 0 Å². The third kappa shape index (κ3) is 5.29. The molecule has 2 nitrogen and oxygen atoms in total. The van der Waals surface area contributed by atoms with Crippen LogP contribution in [0, 0.1) is 0 Å². The van der Waals surface area contributed by atoms with E-state index >= 15 is 0 Å². The van der Waals surface area contributed by atoms with E-state index in [0.717, 1.165) is 14.1 Å². The van der Waals surface area contributed by atoms with Crippen molar-refractivity contribution in [2.75, 3.05) is 0 Å². The van der Waals surface area contributed by atoms with Gasteiger partial charge in [-0.2, -0.15) is 0 Å². The van der Waals surface area contributed by atoms with Crippen molar-refractivity contribution in [2.45, 2.75) is 42.2 Å². The molecule has 2 atom stereocenters. The van der Waals surface area contributed by atoms with E-state index in [0.29, 0.717) is 4.91 Å². The van der Waals surface area contributed by atoms with Crippen molar-refractivity contribution in [1.82, 2.24) is 0 Å². The van der Waals surface area contributed by atoms with Crippen LogP contribution in [0.15, 0.2) is 74.1 Å². The first-order chi connectivity index (χ1) is 11.6. The maximum atomic E-state index is 13.1. The Morgan fingerprint density at radius 1 is 1.08 bits per heavy atom. The van der Waals surface area contributed by atoms with Crippen molar-refractivity contribution in [3.8, 4) is 0 Å². The molecule has 0 bridgehead atoms. The van der Waals surface area contributed by atoms with Crippen LogP contribution in [0.2, 0.25) is 4.47 Å².